The highest BCUT2D eigenvalue weighted by Gasteiger charge is 2.36. The van der Waals surface area contributed by atoms with Gasteiger partial charge in [0.25, 0.3) is 11.1 Å². The number of anilines is 1. The van der Waals surface area contributed by atoms with Crippen molar-refractivity contribution in [1.29, 1.82) is 0 Å². The molecule has 1 aliphatic heterocycles. The molecule has 6 nitrogen and oxygen atoms in total. The van der Waals surface area contributed by atoms with Crippen LogP contribution in [0.1, 0.15) is 12.5 Å². The third-order valence-electron chi connectivity index (χ3n) is 4.93. The number of benzene rings is 2. The molecule has 1 aromatic heterocycles. The molecule has 1 saturated heterocycles. The van der Waals surface area contributed by atoms with Crippen molar-refractivity contribution >= 4 is 51.5 Å². The average molecular weight is 459 g/mol. The third kappa shape index (κ3) is 3.89. The summed E-state index contributed by atoms with van der Waals surface area (Å²) in [6.45, 7) is 2.01. The van der Waals surface area contributed by atoms with Crippen LogP contribution in [-0.4, -0.2) is 33.1 Å². The van der Waals surface area contributed by atoms with Crippen molar-refractivity contribution in [2.24, 2.45) is 0 Å². The molecule has 0 spiro atoms. The molecular weight excluding hydrogens is 443 g/mol. The second-order valence-corrected chi connectivity index (χ2v) is 7.92. The first kappa shape index (κ1) is 21.7. The summed E-state index contributed by atoms with van der Waals surface area (Å²) < 4.78 is 42.1. The fourth-order valence-electron chi connectivity index (χ4n) is 3.39. The Morgan fingerprint density at radius 3 is 2.59 bits per heavy atom. The molecule has 3 amide bonds. The summed E-state index contributed by atoms with van der Waals surface area (Å²) in [6, 6.07) is 9.13. The lowest BCUT2D eigenvalue weighted by molar-refractivity contribution is -0.127. The Hall–Kier alpha value is -3.53. The second kappa shape index (κ2) is 8.54. The van der Waals surface area contributed by atoms with Crippen molar-refractivity contribution in [2.75, 3.05) is 11.9 Å². The van der Waals surface area contributed by atoms with Gasteiger partial charge in [-0.15, -0.1) is 0 Å². The van der Waals surface area contributed by atoms with Crippen molar-refractivity contribution in [3.63, 3.8) is 0 Å². The first-order chi connectivity index (χ1) is 15.3. The Morgan fingerprint density at radius 1 is 1.09 bits per heavy atom. The van der Waals surface area contributed by atoms with Gasteiger partial charge in [-0.3, -0.25) is 19.3 Å². The molecule has 164 valence electrons. The fourth-order valence-corrected chi connectivity index (χ4v) is 4.21. The van der Waals surface area contributed by atoms with Gasteiger partial charge in [0.1, 0.15) is 6.54 Å². The van der Waals surface area contributed by atoms with Gasteiger partial charge < -0.3 is 9.88 Å². The number of fused-ring (bicyclic) bond motifs is 1. The fraction of sp³-hybridized carbons (Fsp3) is 0.136. The van der Waals surface area contributed by atoms with Gasteiger partial charge in [-0.05, 0) is 43.0 Å². The van der Waals surface area contributed by atoms with Gasteiger partial charge in [0, 0.05) is 29.2 Å². The van der Waals surface area contributed by atoms with Crippen LogP contribution >= 0.6 is 11.8 Å². The van der Waals surface area contributed by atoms with Gasteiger partial charge in [-0.25, -0.2) is 13.2 Å². The zero-order valence-corrected chi connectivity index (χ0v) is 17.5. The van der Waals surface area contributed by atoms with E-state index in [2.05, 4.69) is 0 Å². The number of carbonyl (C=O) groups excluding carboxylic acids is 3. The topological polar surface area (TPSA) is 71.4 Å². The van der Waals surface area contributed by atoms with Gasteiger partial charge in [0.15, 0.2) is 17.5 Å². The molecule has 2 aromatic carbocycles. The van der Waals surface area contributed by atoms with Crippen LogP contribution in [0.25, 0.3) is 17.0 Å². The normalized spacial score (nSPS) is 15.2. The molecule has 0 unspecified atom stereocenters. The first-order valence-corrected chi connectivity index (χ1v) is 10.4. The Kier molecular flexibility index (Phi) is 5.79. The number of aromatic nitrogens is 1. The van der Waals surface area contributed by atoms with Crippen LogP contribution in [0.15, 0.2) is 47.5 Å². The van der Waals surface area contributed by atoms with Crippen molar-refractivity contribution in [2.45, 2.75) is 13.5 Å². The summed E-state index contributed by atoms with van der Waals surface area (Å²) >= 11 is 0.684. The number of hydrogen-bond acceptors (Lipinski definition) is 4. The van der Waals surface area contributed by atoms with E-state index < -0.39 is 46.7 Å². The number of imide groups is 1. The predicted octanol–water partition coefficient (Wildman–Crippen LogP) is 4.75. The number of rotatable bonds is 5. The van der Waals surface area contributed by atoms with Gasteiger partial charge in [-0.1, -0.05) is 18.2 Å². The van der Waals surface area contributed by atoms with E-state index in [-0.39, 0.29) is 4.91 Å². The zero-order chi connectivity index (χ0) is 23.0. The van der Waals surface area contributed by atoms with E-state index in [4.69, 9.17) is 0 Å². The van der Waals surface area contributed by atoms with Crippen LogP contribution in [0.4, 0.5) is 23.7 Å². The number of hydrogen-bond donors (Lipinski definition) is 1. The van der Waals surface area contributed by atoms with Crippen molar-refractivity contribution < 1.29 is 27.6 Å². The molecule has 0 bridgehead atoms. The number of thioether (sulfide) groups is 1. The number of amides is 3. The summed E-state index contributed by atoms with van der Waals surface area (Å²) in [7, 11) is 0. The molecule has 0 radical (unpaired) electrons. The number of nitrogens with zero attached hydrogens (tertiary/aromatic N) is 2. The molecule has 3 aromatic rings. The lowest BCUT2D eigenvalue weighted by atomic mass is 10.1. The summed E-state index contributed by atoms with van der Waals surface area (Å²) in [5.74, 6) is -6.31. The first-order valence-electron chi connectivity index (χ1n) is 9.56. The van der Waals surface area contributed by atoms with Gasteiger partial charge >= 0.3 is 0 Å². The summed E-state index contributed by atoms with van der Waals surface area (Å²) in [4.78, 5) is 38.1. The molecule has 1 fully saturated rings. The van der Waals surface area contributed by atoms with Crippen molar-refractivity contribution in [3.05, 3.63) is 70.5 Å². The second-order valence-electron chi connectivity index (χ2n) is 6.93. The number of carbonyl (C=O) groups is 3. The molecule has 32 heavy (non-hydrogen) atoms. The largest absolute Gasteiger partial charge is 0.347 e. The molecule has 0 atom stereocenters. The number of nitrogens with one attached hydrogen (secondary N) is 1. The van der Waals surface area contributed by atoms with E-state index in [9.17, 15) is 27.6 Å². The molecular formula is C22H16F3N3O3S. The quantitative estimate of drug-likeness (QED) is 0.442. The predicted molar refractivity (Wildman–Crippen MR) is 115 cm³/mol. The van der Waals surface area contributed by atoms with E-state index in [1.807, 2.05) is 47.3 Å². The molecule has 10 heteroatoms. The average Bonchev–Trinajstić information content (AvgIpc) is 3.26. The highest BCUT2D eigenvalue weighted by Crippen LogP contribution is 2.34. The van der Waals surface area contributed by atoms with Crippen LogP contribution in [0.5, 0.6) is 0 Å². The van der Waals surface area contributed by atoms with Crippen molar-refractivity contribution in [1.82, 2.24) is 9.47 Å². The Labute approximate surface area is 184 Å². The van der Waals surface area contributed by atoms with Crippen LogP contribution in [0.3, 0.4) is 0 Å². The molecule has 1 aliphatic rings. The number of halogens is 3. The monoisotopic (exact) mass is 459 g/mol. The van der Waals surface area contributed by atoms with Gasteiger partial charge in [-0.2, -0.15) is 0 Å². The summed E-state index contributed by atoms with van der Waals surface area (Å²) in [5, 5.41) is 2.29. The Bertz CT molecular complexity index is 1300. The maximum Gasteiger partial charge on any atom is 0.294 e. The molecule has 0 aliphatic carbocycles. The smallest absolute Gasteiger partial charge is 0.294 e. The molecule has 1 N–H and O–H groups in total. The van der Waals surface area contributed by atoms with E-state index in [0.29, 0.717) is 22.7 Å². The van der Waals surface area contributed by atoms with Gasteiger partial charge in [0.2, 0.25) is 5.91 Å². The maximum atomic E-state index is 13.8. The highest BCUT2D eigenvalue weighted by atomic mass is 32.2. The zero-order valence-electron chi connectivity index (χ0n) is 16.7. The van der Waals surface area contributed by atoms with Crippen molar-refractivity contribution in [3.8, 4) is 0 Å². The standard InChI is InChI=1S/C22H16F3N3O3S/c1-2-27-10-12(13-5-3-4-6-16(13)27)9-17-21(30)28(22(31)32-17)11-18(29)26-15-8-7-14(23)19(24)20(15)25/h3-10H,2,11H2,1H3,(H,26,29)/b17-9-. The van der Waals surface area contributed by atoms with Gasteiger partial charge in [0.05, 0.1) is 10.6 Å². The van der Waals surface area contributed by atoms with E-state index in [1.165, 1.54) is 0 Å². The number of para-hydroxylation sites is 1. The van der Waals surface area contributed by atoms with E-state index in [0.717, 1.165) is 29.1 Å². The van der Waals surface area contributed by atoms with E-state index in [1.54, 1.807) is 6.08 Å². The third-order valence-corrected chi connectivity index (χ3v) is 5.84. The number of aryl methyl sites for hydroxylation is 1. The summed E-state index contributed by atoms with van der Waals surface area (Å²) in [5.41, 5.74) is 1.14. The molecule has 4 rings (SSSR count). The lowest BCUT2D eigenvalue weighted by Gasteiger charge is -2.13. The minimum Gasteiger partial charge on any atom is -0.347 e. The summed E-state index contributed by atoms with van der Waals surface area (Å²) in [6.07, 6.45) is 3.46. The SMILES string of the molecule is CCn1cc(/C=C2\SC(=O)N(CC(=O)Nc3ccc(F)c(F)c3F)C2=O)c2ccccc21. The van der Waals surface area contributed by atoms with Crippen LogP contribution in [0, 0.1) is 17.5 Å². The highest BCUT2D eigenvalue weighted by molar-refractivity contribution is 8.18. The van der Waals surface area contributed by atoms with Crippen LogP contribution < -0.4 is 5.32 Å². The Morgan fingerprint density at radius 2 is 1.84 bits per heavy atom. The molecule has 2 heterocycles. The lowest BCUT2D eigenvalue weighted by Crippen LogP contribution is -2.36. The minimum absolute atomic E-state index is 0.140. The minimum atomic E-state index is -1.73. The van der Waals surface area contributed by atoms with Crippen LogP contribution in [-0.2, 0) is 16.1 Å². The maximum absolute atomic E-state index is 13.8. The van der Waals surface area contributed by atoms with Crippen LogP contribution in [0.2, 0.25) is 0 Å². The Balaban J connectivity index is 1.54. The van der Waals surface area contributed by atoms with E-state index >= 15 is 0 Å². The molecule has 0 saturated carbocycles.